The number of aromatic nitrogens is 2. The summed E-state index contributed by atoms with van der Waals surface area (Å²) in [5.41, 5.74) is 5.42. The number of primary amides is 1. The van der Waals surface area contributed by atoms with Gasteiger partial charge in [-0.2, -0.15) is 13.2 Å². The number of hydrogen-bond acceptors (Lipinski definition) is 7. The summed E-state index contributed by atoms with van der Waals surface area (Å²) in [7, 11) is 3.88. The van der Waals surface area contributed by atoms with Gasteiger partial charge in [0.2, 0.25) is 17.8 Å². The summed E-state index contributed by atoms with van der Waals surface area (Å²) < 4.78 is 42.0. The van der Waals surface area contributed by atoms with Crippen LogP contribution in [0, 0.1) is 11.8 Å². The highest BCUT2D eigenvalue weighted by Crippen LogP contribution is 2.39. The molecular weight excluding hydrogens is 575 g/mol. The Morgan fingerprint density at radius 1 is 1.02 bits per heavy atom. The number of likely N-dealkylation sites (tertiary alicyclic amines) is 2. The Labute approximate surface area is 255 Å². The lowest BCUT2D eigenvalue weighted by atomic mass is 9.89. The van der Waals surface area contributed by atoms with Crippen LogP contribution >= 0.6 is 0 Å². The van der Waals surface area contributed by atoms with E-state index in [-0.39, 0.29) is 41.8 Å². The Balaban J connectivity index is 1.29. The summed E-state index contributed by atoms with van der Waals surface area (Å²) in [6, 6.07) is 6.20. The molecule has 2 saturated heterocycles. The van der Waals surface area contributed by atoms with Crippen LogP contribution in [0.3, 0.4) is 0 Å². The normalized spacial score (nSPS) is 23.1. The highest BCUT2D eigenvalue weighted by molar-refractivity contribution is 5.94. The van der Waals surface area contributed by atoms with Crippen LogP contribution in [0.15, 0.2) is 30.5 Å². The van der Waals surface area contributed by atoms with Crippen molar-refractivity contribution in [2.45, 2.75) is 69.6 Å². The van der Waals surface area contributed by atoms with Gasteiger partial charge in [-0.15, -0.1) is 0 Å². The maximum Gasteiger partial charge on any atom is 0.419 e. The van der Waals surface area contributed by atoms with Crippen molar-refractivity contribution < 1.29 is 27.6 Å². The first-order valence-corrected chi connectivity index (χ1v) is 15.3. The number of benzene rings is 1. The summed E-state index contributed by atoms with van der Waals surface area (Å²) in [5, 5.41) is 2.96. The smallest absolute Gasteiger partial charge is 0.368 e. The summed E-state index contributed by atoms with van der Waals surface area (Å²) in [5.74, 6) is -1.73. The average molecular weight is 616 g/mol. The molecule has 2 aliphatic heterocycles. The van der Waals surface area contributed by atoms with E-state index in [1.54, 1.807) is 29.2 Å². The molecule has 13 heteroatoms. The lowest BCUT2D eigenvalue weighted by Gasteiger charge is -2.35. The lowest BCUT2D eigenvalue weighted by Crippen LogP contribution is -2.46. The fourth-order valence-electron chi connectivity index (χ4n) is 6.84. The maximum absolute atomic E-state index is 14.0. The number of piperidine rings is 1. The van der Waals surface area contributed by atoms with Gasteiger partial charge in [0, 0.05) is 43.0 Å². The molecule has 1 aliphatic carbocycles. The van der Waals surface area contributed by atoms with Gasteiger partial charge in [0.25, 0.3) is 5.91 Å². The quantitative estimate of drug-likeness (QED) is 0.463. The van der Waals surface area contributed by atoms with E-state index < -0.39 is 29.6 Å². The molecule has 3 amide bonds. The molecule has 10 nitrogen and oxygen atoms in total. The van der Waals surface area contributed by atoms with Crippen molar-refractivity contribution in [3.8, 4) is 0 Å². The van der Waals surface area contributed by atoms with Crippen molar-refractivity contribution in [3.05, 3.63) is 47.3 Å². The van der Waals surface area contributed by atoms with Crippen LogP contribution in [0.5, 0.6) is 0 Å². The zero-order valence-electron chi connectivity index (χ0n) is 25.1. The summed E-state index contributed by atoms with van der Waals surface area (Å²) >= 11 is 0. The van der Waals surface area contributed by atoms with Gasteiger partial charge in [0.15, 0.2) is 0 Å². The molecule has 0 unspecified atom stereocenters. The van der Waals surface area contributed by atoms with Gasteiger partial charge < -0.3 is 25.8 Å². The van der Waals surface area contributed by atoms with Crippen LogP contribution in [-0.2, 0) is 22.2 Å². The van der Waals surface area contributed by atoms with Gasteiger partial charge in [-0.05, 0) is 95.3 Å². The standard InChI is InChI=1S/C31H40F3N7O3/c1-39-15-12-22(13-16-39)40(2)28(43)19-8-10-21(11-9-19)37-30-36-18-24(31(32,33)34)25(38-30)17-20-5-3-6-23(20)29(44)41-14-4-7-26(41)27(35)42/h8-11,18,20,22-23,26H,3-7,12-17H2,1-2H3,(H2,35,42)(H,36,37,38)/t20-,23-,26-/m0/s1. The molecule has 44 heavy (non-hydrogen) atoms. The average Bonchev–Trinajstić information content (AvgIpc) is 3.67. The van der Waals surface area contributed by atoms with Crippen LogP contribution in [0.1, 0.15) is 66.6 Å². The molecule has 238 valence electrons. The number of halogens is 3. The first-order chi connectivity index (χ1) is 20.9. The van der Waals surface area contributed by atoms with Gasteiger partial charge in [-0.1, -0.05) is 6.42 Å². The lowest BCUT2D eigenvalue weighted by molar-refractivity contribution is -0.141. The SMILES string of the molecule is CN1CCC(N(C)C(=O)c2ccc(Nc3ncc(C(F)(F)F)c(C[C@@H]4CCC[C@@H]4C(=O)N4CCC[C@H]4C(N)=O)n3)cc2)CC1. The van der Waals surface area contributed by atoms with Gasteiger partial charge >= 0.3 is 6.18 Å². The molecule has 1 aromatic carbocycles. The predicted molar refractivity (Wildman–Crippen MR) is 158 cm³/mol. The van der Waals surface area contributed by atoms with Crippen molar-refractivity contribution in [1.29, 1.82) is 0 Å². The Morgan fingerprint density at radius 3 is 2.39 bits per heavy atom. The van der Waals surface area contributed by atoms with Crippen LogP contribution in [-0.4, -0.2) is 88.2 Å². The molecule has 3 fully saturated rings. The van der Waals surface area contributed by atoms with Crippen LogP contribution in [0.2, 0.25) is 0 Å². The molecular formula is C31H40F3N7O3. The number of anilines is 2. The van der Waals surface area contributed by atoms with E-state index >= 15 is 0 Å². The summed E-state index contributed by atoms with van der Waals surface area (Å²) in [6.07, 6.45) is 0.871. The van der Waals surface area contributed by atoms with Gasteiger partial charge in [-0.25, -0.2) is 9.97 Å². The second-order valence-corrected chi connectivity index (χ2v) is 12.3. The minimum atomic E-state index is -4.67. The highest BCUT2D eigenvalue weighted by Gasteiger charge is 2.42. The third-order valence-electron chi connectivity index (χ3n) is 9.41. The van der Waals surface area contributed by atoms with E-state index in [2.05, 4.69) is 27.2 Å². The van der Waals surface area contributed by atoms with Crippen LogP contribution in [0.4, 0.5) is 24.8 Å². The third-order valence-corrected chi connectivity index (χ3v) is 9.41. The molecule has 3 aliphatic rings. The maximum atomic E-state index is 14.0. The van der Waals surface area contributed by atoms with Crippen LogP contribution < -0.4 is 11.1 Å². The minimum absolute atomic E-state index is 0.00951. The highest BCUT2D eigenvalue weighted by atomic mass is 19.4. The molecule has 5 rings (SSSR count). The van der Waals surface area contributed by atoms with Gasteiger partial charge in [0.1, 0.15) is 6.04 Å². The molecule has 3 N–H and O–H groups in total. The Kier molecular flexibility index (Phi) is 9.42. The summed E-state index contributed by atoms with van der Waals surface area (Å²) in [6.45, 7) is 2.29. The van der Waals surface area contributed by atoms with E-state index in [0.717, 1.165) is 32.1 Å². The second-order valence-electron chi connectivity index (χ2n) is 12.3. The van der Waals surface area contributed by atoms with E-state index in [1.807, 2.05) is 7.05 Å². The van der Waals surface area contributed by atoms with Gasteiger partial charge in [0.05, 0.1) is 11.3 Å². The number of nitrogens with zero attached hydrogens (tertiary/aromatic N) is 5. The first-order valence-electron chi connectivity index (χ1n) is 15.3. The van der Waals surface area contributed by atoms with Crippen molar-refractivity contribution >= 4 is 29.4 Å². The number of nitrogens with two attached hydrogens (primary N) is 1. The van der Waals surface area contributed by atoms with E-state index in [9.17, 15) is 27.6 Å². The molecule has 1 aromatic heterocycles. The van der Waals surface area contributed by atoms with Crippen molar-refractivity contribution in [2.24, 2.45) is 17.6 Å². The van der Waals surface area contributed by atoms with Crippen molar-refractivity contribution in [1.82, 2.24) is 24.7 Å². The largest absolute Gasteiger partial charge is 0.419 e. The van der Waals surface area contributed by atoms with E-state index in [4.69, 9.17) is 5.73 Å². The molecule has 3 heterocycles. The molecule has 0 radical (unpaired) electrons. The first kappa shape index (κ1) is 31.7. The number of carbonyl (C=O) groups excluding carboxylic acids is 3. The van der Waals surface area contributed by atoms with Gasteiger partial charge in [-0.3, -0.25) is 14.4 Å². The Bertz CT molecular complexity index is 1360. The summed E-state index contributed by atoms with van der Waals surface area (Å²) in [4.78, 5) is 52.0. The van der Waals surface area contributed by atoms with E-state index in [1.165, 1.54) is 4.90 Å². The Morgan fingerprint density at radius 2 is 1.73 bits per heavy atom. The Hall–Kier alpha value is -3.74. The fourth-order valence-corrected chi connectivity index (χ4v) is 6.84. The van der Waals surface area contributed by atoms with Crippen molar-refractivity contribution in [2.75, 3.05) is 39.0 Å². The third kappa shape index (κ3) is 6.98. The topological polar surface area (TPSA) is 125 Å². The molecule has 0 bridgehead atoms. The van der Waals surface area contributed by atoms with E-state index in [0.29, 0.717) is 49.9 Å². The molecule has 0 spiro atoms. The predicted octanol–water partition coefficient (Wildman–Crippen LogP) is 3.84. The number of nitrogens with one attached hydrogen (secondary N) is 1. The number of hydrogen-bond donors (Lipinski definition) is 2. The fraction of sp³-hybridized carbons (Fsp3) is 0.581. The second kappa shape index (κ2) is 13.1. The number of carbonyl (C=O) groups is 3. The molecule has 2 aromatic rings. The zero-order chi connectivity index (χ0) is 31.6. The number of alkyl halides is 3. The molecule has 1 saturated carbocycles. The zero-order valence-corrected chi connectivity index (χ0v) is 25.1. The number of amides is 3. The van der Waals surface area contributed by atoms with Crippen LogP contribution in [0.25, 0.3) is 0 Å². The monoisotopic (exact) mass is 615 g/mol. The van der Waals surface area contributed by atoms with Crippen molar-refractivity contribution in [3.63, 3.8) is 0 Å². The minimum Gasteiger partial charge on any atom is -0.368 e. The molecule has 3 atom stereocenters. The number of rotatable bonds is 8.